The third-order valence-corrected chi connectivity index (χ3v) is 2.93. The van der Waals surface area contributed by atoms with Crippen molar-refractivity contribution in [2.45, 2.75) is 45.3 Å². The molecule has 0 aliphatic rings. The van der Waals surface area contributed by atoms with Crippen LogP contribution in [0.25, 0.3) is 0 Å². The first-order valence-corrected chi connectivity index (χ1v) is 7.48. The zero-order valence-corrected chi connectivity index (χ0v) is 14.2. The van der Waals surface area contributed by atoms with E-state index in [1.165, 1.54) is 25.3 Å². The van der Waals surface area contributed by atoms with Gasteiger partial charge < -0.3 is 14.8 Å². The van der Waals surface area contributed by atoms with Crippen LogP contribution in [0.2, 0.25) is 0 Å². The maximum atomic E-state index is 13.2. The number of methoxy groups -OCH3 is 1. The molecule has 0 bridgehead atoms. The maximum Gasteiger partial charge on any atom is 0.328 e. The SMILES string of the molecule is COC(=O)[C@@H](CCC(=O)OC(C)(C)C)NC(=O)c1cccc(F)c1. The topological polar surface area (TPSA) is 81.7 Å². The molecule has 0 radical (unpaired) electrons. The Morgan fingerprint density at radius 2 is 1.92 bits per heavy atom. The van der Waals surface area contributed by atoms with Crippen molar-refractivity contribution in [3.8, 4) is 0 Å². The van der Waals surface area contributed by atoms with Gasteiger partial charge in [-0.3, -0.25) is 9.59 Å². The zero-order valence-electron chi connectivity index (χ0n) is 14.2. The number of hydrogen-bond acceptors (Lipinski definition) is 5. The second kappa shape index (κ2) is 8.42. The smallest absolute Gasteiger partial charge is 0.328 e. The normalized spacial score (nSPS) is 12.2. The van der Waals surface area contributed by atoms with Gasteiger partial charge in [0.15, 0.2) is 0 Å². The van der Waals surface area contributed by atoms with E-state index in [0.29, 0.717) is 0 Å². The van der Waals surface area contributed by atoms with Crippen LogP contribution in [0, 0.1) is 5.82 Å². The highest BCUT2D eigenvalue weighted by Crippen LogP contribution is 2.11. The number of ether oxygens (including phenoxy) is 2. The fraction of sp³-hybridized carbons (Fsp3) is 0.471. The van der Waals surface area contributed by atoms with Gasteiger partial charge in [-0.25, -0.2) is 9.18 Å². The summed E-state index contributed by atoms with van der Waals surface area (Å²) in [6.45, 7) is 5.19. The van der Waals surface area contributed by atoms with Crippen molar-refractivity contribution < 1.29 is 28.2 Å². The standard InChI is InChI=1S/C17H22FNO5/c1-17(2,3)24-14(20)9-8-13(16(22)23-4)19-15(21)11-6-5-7-12(18)10-11/h5-7,10,13H,8-9H2,1-4H3,(H,19,21)/t13-/m1/s1. The van der Waals surface area contributed by atoms with Crippen molar-refractivity contribution in [3.63, 3.8) is 0 Å². The number of rotatable bonds is 6. The van der Waals surface area contributed by atoms with Crippen LogP contribution in [0.1, 0.15) is 44.0 Å². The Bertz CT molecular complexity index is 609. The summed E-state index contributed by atoms with van der Waals surface area (Å²) in [5.74, 6) is -2.38. The first-order chi connectivity index (χ1) is 11.1. The van der Waals surface area contributed by atoms with Crippen molar-refractivity contribution in [2.75, 3.05) is 7.11 Å². The zero-order chi connectivity index (χ0) is 18.3. The van der Waals surface area contributed by atoms with Crippen molar-refractivity contribution in [2.24, 2.45) is 0 Å². The van der Waals surface area contributed by atoms with Gasteiger partial charge in [-0.05, 0) is 45.4 Å². The molecule has 0 unspecified atom stereocenters. The lowest BCUT2D eigenvalue weighted by atomic mass is 10.1. The Hall–Kier alpha value is -2.44. The molecule has 1 atom stereocenters. The third kappa shape index (κ3) is 6.76. The van der Waals surface area contributed by atoms with Crippen LogP contribution in [-0.4, -0.2) is 36.6 Å². The lowest BCUT2D eigenvalue weighted by molar-refractivity contribution is -0.155. The lowest BCUT2D eigenvalue weighted by Crippen LogP contribution is -2.42. The van der Waals surface area contributed by atoms with Crippen molar-refractivity contribution in [1.82, 2.24) is 5.32 Å². The summed E-state index contributed by atoms with van der Waals surface area (Å²) in [4.78, 5) is 35.6. The second-order valence-electron chi connectivity index (χ2n) is 6.18. The number of esters is 2. The Balaban J connectivity index is 2.71. The van der Waals surface area contributed by atoms with Crippen LogP contribution < -0.4 is 5.32 Å². The molecule has 24 heavy (non-hydrogen) atoms. The van der Waals surface area contributed by atoms with E-state index in [1.807, 2.05) is 0 Å². The Morgan fingerprint density at radius 1 is 1.25 bits per heavy atom. The van der Waals surface area contributed by atoms with Gasteiger partial charge in [0.05, 0.1) is 7.11 Å². The molecule has 1 amide bonds. The molecule has 1 N–H and O–H groups in total. The van der Waals surface area contributed by atoms with Gasteiger partial charge in [0.25, 0.3) is 5.91 Å². The molecule has 0 heterocycles. The molecule has 7 heteroatoms. The predicted octanol–water partition coefficient (Wildman–Crippen LogP) is 2.22. The average molecular weight is 339 g/mol. The number of hydrogen-bond donors (Lipinski definition) is 1. The molecule has 6 nitrogen and oxygen atoms in total. The lowest BCUT2D eigenvalue weighted by Gasteiger charge is -2.21. The van der Waals surface area contributed by atoms with E-state index >= 15 is 0 Å². The fourth-order valence-corrected chi connectivity index (χ4v) is 1.92. The van der Waals surface area contributed by atoms with E-state index in [0.717, 1.165) is 6.07 Å². The third-order valence-electron chi connectivity index (χ3n) is 2.93. The van der Waals surface area contributed by atoms with Gasteiger partial charge in [0, 0.05) is 12.0 Å². The van der Waals surface area contributed by atoms with E-state index in [2.05, 4.69) is 10.1 Å². The second-order valence-corrected chi connectivity index (χ2v) is 6.18. The molecule has 0 aliphatic heterocycles. The molecule has 1 aromatic carbocycles. The summed E-state index contributed by atoms with van der Waals surface area (Å²) in [6, 6.07) is 4.03. The quantitative estimate of drug-likeness (QED) is 0.804. The Labute approximate surface area is 140 Å². The van der Waals surface area contributed by atoms with Crippen LogP contribution in [0.5, 0.6) is 0 Å². The number of carbonyl (C=O) groups is 3. The Morgan fingerprint density at radius 3 is 2.46 bits per heavy atom. The highest BCUT2D eigenvalue weighted by molar-refractivity contribution is 5.96. The predicted molar refractivity (Wildman–Crippen MR) is 84.7 cm³/mol. The minimum atomic E-state index is -1.03. The largest absolute Gasteiger partial charge is 0.467 e. The maximum absolute atomic E-state index is 13.2. The summed E-state index contributed by atoms with van der Waals surface area (Å²) in [5.41, 5.74) is -0.566. The van der Waals surface area contributed by atoms with Gasteiger partial charge in [-0.2, -0.15) is 0 Å². The highest BCUT2D eigenvalue weighted by Gasteiger charge is 2.25. The summed E-state index contributed by atoms with van der Waals surface area (Å²) < 4.78 is 22.9. The van der Waals surface area contributed by atoms with E-state index in [4.69, 9.17) is 4.74 Å². The van der Waals surface area contributed by atoms with Crippen LogP contribution in [-0.2, 0) is 19.1 Å². The highest BCUT2D eigenvalue weighted by atomic mass is 19.1. The molecule has 0 saturated heterocycles. The van der Waals surface area contributed by atoms with Crippen LogP contribution in [0.4, 0.5) is 4.39 Å². The van der Waals surface area contributed by atoms with Gasteiger partial charge in [-0.15, -0.1) is 0 Å². The van der Waals surface area contributed by atoms with Gasteiger partial charge in [0.2, 0.25) is 0 Å². The molecule has 0 aliphatic carbocycles. The van der Waals surface area contributed by atoms with E-state index < -0.39 is 35.3 Å². The van der Waals surface area contributed by atoms with E-state index in [9.17, 15) is 18.8 Å². The summed E-state index contributed by atoms with van der Waals surface area (Å²) >= 11 is 0. The van der Waals surface area contributed by atoms with Crippen molar-refractivity contribution >= 4 is 17.8 Å². The molecule has 132 valence electrons. The number of amides is 1. The van der Waals surface area contributed by atoms with E-state index in [1.54, 1.807) is 20.8 Å². The molecule has 0 fully saturated rings. The molecule has 0 aromatic heterocycles. The first kappa shape index (κ1) is 19.6. The first-order valence-electron chi connectivity index (χ1n) is 7.48. The van der Waals surface area contributed by atoms with Gasteiger partial charge in [-0.1, -0.05) is 6.07 Å². The summed E-state index contributed by atoms with van der Waals surface area (Å²) in [6.07, 6.45) is -0.0525. The fourth-order valence-electron chi connectivity index (χ4n) is 1.92. The number of halogens is 1. The summed E-state index contributed by atoms with van der Waals surface area (Å²) in [7, 11) is 1.18. The molecule has 1 rings (SSSR count). The minimum Gasteiger partial charge on any atom is -0.467 e. The molecule has 1 aromatic rings. The van der Waals surface area contributed by atoms with Crippen LogP contribution in [0.15, 0.2) is 24.3 Å². The number of benzene rings is 1. The molecule has 0 saturated carbocycles. The van der Waals surface area contributed by atoms with Crippen LogP contribution >= 0.6 is 0 Å². The average Bonchev–Trinajstić information content (AvgIpc) is 2.48. The molecular formula is C17H22FNO5. The monoisotopic (exact) mass is 339 g/mol. The molecular weight excluding hydrogens is 317 g/mol. The minimum absolute atomic E-state index is 0.0165. The summed E-state index contributed by atoms with van der Waals surface area (Å²) in [5, 5.41) is 2.44. The van der Waals surface area contributed by atoms with E-state index in [-0.39, 0.29) is 18.4 Å². The van der Waals surface area contributed by atoms with Crippen molar-refractivity contribution in [1.29, 1.82) is 0 Å². The number of nitrogens with one attached hydrogen (secondary N) is 1. The van der Waals surface area contributed by atoms with Gasteiger partial charge >= 0.3 is 11.9 Å². The van der Waals surface area contributed by atoms with Gasteiger partial charge in [0.1, 0.15) is 17.5 Å². The van der Waals surface area contributed by atoms with Crippen molar-refractivity contribution in [3.05, 3.63) is 35.6 Å². The molecule has 0 spiro atoms. The van der Waals surface area contributed by atoms with Crippen LogP contribution in [0.3, 0.4) is 0 Å². The number of carbonyl (C=O) groups excluding carboxylic acids is 3. The Kier molecular flexibility index (Phi) is 6.88.